The molecular weight excluding hydrogens is 338 g/mol. The van der Waals surface area contributed by atoms with Crippen LogP contribution in [-0.4, -0.2) is 23.9 Å². The van der Waals surface area contributed by atoms with Gasteiger partial charge in [0, 0.05) is 17.8 Å². The molecule has 0 radical (unpaired) electrons. The average Bonchev–Trinajstić information content (AvgIpc) is 2.66. The SMILES string of the molecule is COC(=O)c1ccc(C=C(C#N)C(=O)Nc2cccc([N+](=O)[O-])c2)cc1. The molecule has 0 aromatic heterocycles. The fourth-order valence-corrected chi connectivity index (χ4v) is 2.04. The number of rotatable bonds is 5. The highest BCUT2D eigenvalue weighted by atomic mass is 16.6. The maximum atomic E-state index is 12.2. The van der Waals surface area contributed by atoms with Gasteiger partial charge < -0.3 is 10.1 Å². The molecule has 0 saturated heterocycles. The zero-order chi connectivity index (χ0) is 19.1. The number of carbonyl (C=O) groups excluding carboxylic acids is 2. The summed E-state index contributed by atoms with van der Waals surface area (Å²) in [4.78, 5) is 33.8. The Balaban J connectivity index is 2.19. The van der Waals surface area contributed by atoms with Gasteiger partial charge in [-0.2, -0.15) is 5.26 Å². The lowest BCUT2D eigenvalue weighted by Gasteiger charge is -2.04. The van der Waals surface area contributed by atoms with Gasteiger partial charge in [0.15, 0.2) is 0 Å². The van der Waals surface area contributed by atoms with Gasteiger partial charge in [0.25, 0.3) is 11.6 Å². The summed E-state index contributed by atoms with van der Waals surface area (Å²) in [5.74, 6) is -1.20. The zero-order valence-corrected chi connectivity index (χ0v) is 13.6. The molecule has 8 nitrogen and oxygen atoms in total. The Morgan fingerprint density at radius 1 is 1.23 bits per heavy atom. The Morgan fingerprint density at radius 2 is 1.92 bits per heavy atom. The van der Waals surface area contributed by atoms with E-state index in [0.29, 0.717) is 11.1 Å². The number of methoxy groups -OCH3 is 1. The van der Waals surface area contributed by atoms with Crippen molar-refractivity contribution in [3.8, 4) is 6.07 Å². The molecule has 0 aliphatic carbocycles. The van der Waals surface area contributed by atoms with Crippen LogP contribution in [0, 0.1) is 21.4 Å². The maximum absolute atomic E-state index is 12.2. The van der Waals surface area contributed by atoms with Gasteiger partial charge in [-0.25, -0.2) is 4.79 Å². The molecule has 1 N–H and O–H groups in total. The van der Waals surface area contributed by atoms with Crippen LogP contribution in [0.25, 0.3) is 6.08 Å². The second kappa shape index (κ2) is 8.21. The molecule has 1 amide bonds. The Hall–Kier alpha value is -3.99. The molecule has 130 valence electrons. The second-order valence-electron chi connectivity index (χ2n) is 5.04. The van der Waals surface area contributed by atoms with E-state index in [1.165, 1.54) is 49.6 Å². The summed E-state index contributed by atoms with van der Waals surface area (Å²) in [7, 11) is 1.27. The van der Waals surface area contributed by atoms with Gasteiger partial charge in [-0.1, -0.05) is 18.2 Å². The molecule has 0 bridgehead atoms. The van der Waals surface area contributed by atoms with Crippen molar-refractivity contribution in [1.82, 2.24) is 0 Å². The van der Waals surface area contributed by atoms with E-state index in [1.54, 1.807) is 18.2 Å². The monoisotopic (exact) mass is 351 g/mol. The second-order valence-corrected chi connectivity index (χ2v) is 5.04. The predicted molar refractivity (Wildman–Crippen MR) is 93.1 cm³/mol. The number of benzene rings is 2. The third kappa shape index (κ3) is 4.52. The third-order valence-electron chi connectivity index (χ3n) is 3.32. The molecule has 0 saturated carbocycles. The largest absolute Gasteiger partial charge is 0.465 e. The third-order valence-corrected chi connectivity index (χ3v) is 3.32. The Bertz CT molecular complexity index is 927. The van der Waals surface area contributed by atoms with E-state index in [2.05, 4.69) is 10.1 Å². The summed E-state index contributed by atoms with van der Waals surface area (Å²) < 4.78 is 4.59. The van der Waals surface area contributed by atoms with Crippen LogP contribution in [0.3, 0.4) is 0 Å². The Morgan fingerprint density at radius 3 is 2.50 bits per heavy atom. The van der Waals surface area contributed by atoms with Crippen LogP contribution >= 0.6 is 0 Å². The van der Waals surface area contributed by atoms with Gasteiger partial charge in [0.1, 0.15) is 11.6 Å². The Labute approximate surface area is 148 Å². The van der Waals surface area contributed by atoms with Crippen LogP contribution in [0.2, 0.25) is 0 Å². The highest BCUT2D eigenvalue weighted by molar-refractivity contribution is 6.09. The van der Waals surface area contributed by atoms with E-state index in [-0.39, 0.29) is 16.9 Å². The van der Waals surface area contributed by atoms with E-state index < -0.39 is 16.8 Å². The average molecular weight is 351 g/mol. The van der Waals surface area contributed by atoms with Gasteiger partial charge in [-0.3, -0.25) is 14.9 Å². The maximum Gasteiger partial charge on any atom is 0.337 e. The number of anilines is 1. The van der Waals surface area contributed by atoms with Crippen molar-refractivity contribution < 1.29 is 19.2 Å². The number of carbonyl (C=O) groups is 2. The predicted octanol–water partition coefficient (Wildman–Crippen LogP) is 2.93. The van der Waals surface area contributed by atoms with Gasteiger partial charge in [-0.05, 0) is 29.8 Å². The van der Waals surface area contributed by atoms with Crippen LogP contribution in [0.5, 0.6) is 0 Å². The minimum absolute atomic E-state index is 0.177. The number of ether oxygens (including phenoxy) is 1. The molecule has 0 atom stereocenters. The topological polar surface area (TPSA) is 122 Å². The molecule has 2 aromatic rings. The standard InChI is InChI=1S/C18H13N3O5/c1-26-18(23)13-7-5-12(6-8-13)9-14(11-19)17(22)20-15-3-2-4-16(10-15)21(24)25/h2-10H,1H3,(H,20,22). The van der Waals surface area contributed by atoms with Gasteiger partial charge >= 0.3 is 5.97 Å². The van der Waals surface area contributed by atoms with Crippen LogP contribution in [-0.2, 0) is 9.53 Å². The highest BCUT2D eigenvalue weighted by Crippen LogP contribution is 2.18. The molecule has 2 rings (SSSR count). The molecule has 0 aliphatic heterocycles. The van der Waals surface area contributed by atoms with Crippen LogP contribution in [0.1, 0.15) is 15.9 Å². The summed E-state index contributed by atoms with van der Waals surface area (Å²) in [6, 6.07) is 13.3. The Kier molecular flexibility index (Phi) is 5.79. The fraction of sp³-hybridized carbons (Fsp3) is 0.0556. The molecule has 0 heterocycles. The van der Waals surface area contributed by atoms with Gasteiger partial charge in [0.05, 0.1) is 17.6 Å². The normalized spacial score (nSPS) is 10.5. The molecule has 8 heteroatoms. The quantitative estimate of drug-likeness (QED) is 0.290. The molecule has 0 unspecified atom stereocenters. The minimum Gasteiger partial charge on any atom is -0.465 e. The summed E-state index contributed by atoms with van der Waals surface area (Å²) >= 11 is 0. The van der Waals surface area contributed by atoms with Crippen molar-refractivity contribution in [3.63, 3.8) is 0 Å². The van der Waals surface area contributed by atoms with E-state index >= 15 is 0 Å². The molecule has 26 heavy (non-hydrogen) atoms. The lowest BCUT2D eigenvalue weighted by atomic mass is 10.1. The lowest BCUT2D eigenvalue weighted by Crippen LogP contribution is -2.13. The first-order valence-corrected chi connectivity index (χ1v) is 7.30. The number of nitrogens with zero attached hydrogens (tertiary/aromatic N) is 2. The number of nitro groups is 1. The molecule has 0 spiro atoms. The summed E-state index contributed by atoms with van der Waals surface area (Å²) in [6.07, 6.45) is 1.34. The van der Waals surface area contributed by atoms with E-state index in [0.717, 1.165) is 0 Å². The number of hydrogen-bond acceptors (Lipinski definition) is 6. The molecule has 0 aliphatic rings. The number of non-ortho nitro benzene ring substituents is 1. The summed E-state index contributed by atoms with van der Waals surface area (Å²) in [5.41, 5.74) is 0.699. The van der Waals surface area contributed by atoms with Crippen molar-refractivity contribution in [2.45, 2.75) is 0 Å². The first-order valence-electron chi connectivity index (χ1n) is 7.30. The summed E-state index contributed by atoms with van der Waals surface area (Å²) in [6.45, 7) is 0. The smallest absolute Gasteiger partial charge is 0.337 e. The number of esters is 1. The van der Waals surface area contributed by atoms with Crippen molar-refractivity contribution in [2.75, 3.05) is 12.4 Å². The number of hydrogen-bond donors (Lipinski definition) is 1. The van der Waals surface area contributed by atoms with Crippen molar-refractivity contribution in [1.29, 1.82) is 5.26 Å². The van der Waals surface area contributed by atoms with Crippen molar-refractivity contribution in [2.24, 2.45) is 0 Å². The molecule has 2 aromatic carbocycles. The van der Waals surface area contributed by atoms with Gasteiger partial charge in [0.2, 0.25) is 0 Å². The molecule has 0 fully saturated rings. The summed E-state index contributed by atoms with van der Waals surface area (Å²) in [5, 5.41) is 22.4. The fourth-order valence-electron chi connectivity index (χ4n) is 2.04. The molecular formula is C18H13N3O5. The van der Waals surface area contributed by atoms with E-state index in [1.807, 2.05) is 0 Å². The number of amides is 1. The zero-order valence-electron chi connectivity index (χ0n) is 13.6. The first kappa shape index (κ1) is 18.4. The lowest BCUT2D eigenvalue weighted by molar-refractivity contribution is -0.384. The highest BCUT2D eigenvalue weighted by Gasteiger charge is 2.12. The number of nitrogens with one attached hydrogen (secondary N) is 1. The first-order chi connectivity index (χ1) is 12.4. The van der Waals surface area contributed by atoms with Crippen molar-refractivity contribution in [3.05, 3.63) is 75.3 Å². The minimum atomic E-state index is -0.704. The van der Waals surface area contributed by atoms with Crippen molar-refractivity contribution >= 4 is 29.3 Å². The van der Waals surface area contributed by atoms with Crippen LogP contribution < -0.4 is 5.32 Å². The number of nitro benzene ring substituents is 1. The van der Waals surface area contributed by atoms with E-state index in [4.69, 9.17) is 0 Å². The van der Waals surface area contributed by atoms with Gasteiger partial charge in [-0.15, -0.1) is 0 Å². The number of nitriles is 1. The van der Waals surface area contributed by atoms with Crippen LogP contribution in [0.15, 0.2) is 54.1 Å². The van der Waals surface area contributed by atoms with Crippen LogP contribution in [0.4, 0.5) is 11.4 Å². The van der Waals surface area contributed by atoms with E-state index in [9.17, 15) is 25.0 Å².